The van der Waals surface area contributed by atoms with Gasteiger partial charge in [-0.2, -0.15) is 5.10 Å². The summed E-state index contributed by atoms with van der Waals surface area (Å²) in [5.74, 6) is 0.0345. The molecule has 0 saturated heterocycles. The first-order valence-electron chi connectivity index (χ1n) is 6.53. The number of anilines is 1. The maximum atomic E-state index is 12.4. The largest absolute Gasteiger partial charge is 0.272 e. The van der Waals surface area contributed by atoms with E-state index in [2.05, 4.69) is 5.10 Å². The summed E-state index contributed by atoms with van der Waals surface area (Å²) in [6.45, 7) is 0. The number of amides is 1. The Morgan fingerprint density at radius 1 is 1.16 bits per heavy atom. The fourth-order valence-electron chi connectivity index (χ4n) is 2.68. The Balaban J connectivity index is 1.93. The van der Waals surface area contributed by atoms with Crippen molar-refractivity contribution in [2.24, 2.45) is 11.0 Å². The molecule has 100 valence electrons. The van der Waals surface area contributed by atoms with Crippen molar-refractivity contribution < 1.29 is 4.79 Å². The van der Waals surface area contributed by atoms with Gasteiger partial charge in [0.2, 0.25) is 0 Å². The summed E-state index contributed by atoms with van der Waals surface area (Å²) < 4.78 is 0. The highest BCUT2D eigenvalue weighted by Gasteiger charge is 2.36. The summed E-state index contributed by atoms with van der Waals surface area (Å²) in [6.07, 6.45) is 5.25. The number of rotatable bonds is 1. The molecule has 1 heterocycles. The number of hydrogen-bond acceptors (Lipinski definition) is 2. The molecular formula is C14H14Cl2N2O. The minimum atomic E-state index is -0.0306. The van der Waals surface area contributed by atoms with Crippen LogP contribution in [0.25, 0.3) is 0 Å². The Kier molecular flexibility index (Phi) is 3.50. The second kappa shape index (κ2) is 5.14. The molecular weight excluding hydrogens is 283 g/mol. The predicted molar refractivity (Wildman–Crippen MR) is 78.0 cm³/mol. The SMILES string of the molecule is O=C1C2CCCCCC2=NN1c1ccc(Cl)c(Cl)c1. The van der Waals surface area contributed by atoms with Crippen LogP contribution in [0.5, 0.6) is 0 Å². The molecule has 1 saturated carbocycles. The van der Waals surface area contributed by atoms with Crippen LogP contribution in [0.1, 0.15) is 32.1 Å². The van der Waals surface area contributed by atoms with Gasteiger partial charge in [0.05, 0.1) is 27.4 Å². The van der Waals surface area contributed by atoms with Crippen molar-refractivity contribution in [2.45, 2.75) is 32.1 Å². The Morgan fingerprint density at radius 3 is 2.79 bits per heavy atom. The number of fused-ring (bicyclic) bond motifs is 1. The second-order valence-electron chi connectivity index (χ2n) is 4.99. The zero-order valence-corrected chi connectivity index (χ0v) is 11.9. The lowest BCUT2D eigenvalue weighted by molar-refractivity contribution is -0.119. The number of carbonyl (C=O) groups is 1. The molecule has 0 spiro atoms. The molecule has 0 bridgehead atoms. The summed E-state index contributed by atoms with van der Waals surface area (Å²) >= 11 is 11.9. The number of halogens is 2. The number of benzene rings is 1. The maximum absolute atomic E-state index is 12.4. The van der Waals surface area contributed by atoms with Crippen LogP contribution in [0.4, 0.5) is 5.69 Å². The first-order valence-corrected chi connectivity index (χ1v) is 7.29. The molecule has 1 fully saturated rings. The van der Waals surface area contributed by atoms with Crippen molar-refractivity contribution in [2.75, 3.05) is 5.01 Å². The Hall–Kier alpha value is -1.06. The third-order valence-electron chi connectivity index (χ3n) is 3.71. The highest BCUT2D eigenvalue weighted by atomic mass is 35.5. The Morgan fingerprint density at radius 2 is 2.00 bits per heavy atom. The molecule has 3 rings (SSSR count). The summed E-state index contributed by atoms with van der Waals surface area (Å²) in [4.78, 5) is 12.4. The van der Waals surface area contributed by atoms with Crippen LogP contribution in [0, 0.1) is 5.92 Å². The lowest BCUT2D eigenvalue weighted by Gasteiger charge is -2.14. The van der Waals surface area contributed by atoms with Crippen LogP contribution in [0.2, 0.25) is 10.0 Å². The van der Waals surface area contributed by atoms with E-state index in [-0.39, 0.29) is 11.8 Å². The van der Waals surface area contributed by atoms with Crippen LogP contribution in [0.15, 0.2) is 23.3 Å². The zero-order valence-electron chi connectivity index (χ0n) is 10.4. The molecule has 19 heavy (non-hydrogen) atoms. The quantitative estimate of drug-likeness (QED) is 0.761. The van der Waals surface area contributed by atoms with Gasteiger partial charge in [-0.1, -0.05) is 36.0 Å². The minimum Gasteiger partial charge on any atom is -0.272 e. The molecule has 1 aromatic carbocycles. The minimum absolute atomic E-state index is 0.0306. The summed E-state index contributed by atoms with van der Waals surface area (Å²) in [5.41, 5.74) is 1.72. The fourth-order valence-corrected chi connectivity index (χ4v) is 2.98. The number of nitrogens with zero attached hydrogens (tertiary/aromatic N) is 2. The lowest BCUT2D eigenvalue weighted by atomic mass is 9.98. The molecule has 3 nitrogen and oxygen atoms in total. The van der Waals surface area contributed by atoms with Gasteiger partial charge in [0.1, 0.15) is 0 Å². The average Bonchev–Trinajstić information content (AvgIpc) is 2.59. The van der Waals surface area contributed by atoms with Crippen molar-refractivity contribution in [1.82, 2.24) is 0 Å². The molecule has 1 aliphatic carbocycles. The molecule has 0 radical (unpaired) electrons. The smallest absolute Gasteiger partial charge is 0.256 e. The molecule has 5 heteroatoms. The summed E-state index contributed by atoms with van der Waals surface area (Å²) in [5, 5.41) is 6.90. The van der Waals surface area contributed by atoms with Crippen LogP contribution in [0.3, 0.4) is 0 Å². The van der Waals surface area contributed by atoms with E-state index in [4.69, 9.17) is 23.2 Å². The molecule has 0 aromatic heterocycles. The third-order valence-corrected chi connectivity index (χ3v) is 4.45. The predicted octanol–water partition coefficient (Wildman–Crippen LogP) is 4.28. The van der Waals surface area contributed by atoms with E-state index in [1.165, 1.54) is 11.4 Å². The van der Waals surface area contributed by atoms with Crippen LogP contribution in [-0.4, -0.2) is 11.6 Å². The number of hydrazone groups is 1. The standard InChI is InChI=1S/C14H14Cl2N2O/c15-11-7-6-9(8-12(11)16)18-14(19)10-4-2-1-3-5-13(10)17-18/h6-8,10H,1-5H2. The maximum Gasteiger partial charge on any atom is 0.256 e. The van der Waals surface area contributed by atoms with Crippen LogP contribution in [-0.2, 0) is 4.79 Å². The summed E-state index contributed by atoms with van der Waals surface area (Å²) in [6, 6.07) is 5.17. The van der Waals surface area contributed by atoms with Gasteiger partial charge in [-0.05, 0) is 37.5 Å². The molecule has 2 aliphatic rings. The first kappa shape index (κ1) is 12.9. The number of carbonyl (C=O) groups excluding carboxylic acids is 1. The van der Waals surface area contributed by atoms with E-state index in [0.717, 1.165) is 31.4 Å². The van der Waals surface area contributed by atoms with E-state index in [1.54, 1.807) is 18.2 Å². The Bertz CT molecular complexity index is 556. The molecule has 1 atom stereocenters. The van der Waals surface area contributed by atoms with Gasteiger partial charge < -0.3 is 0 Å². The van der Waals surface area contributed by atoms with Crippen LogP contribution < -0.4 is 5.01 Å². The molecule has 1 aromatic rings. The monoisotopic (exact) mass is 296 g/mol. The van der Waals surface area contributed by atoms with Crippen molar-refractivity contribution in [3.63, 3.8) is 0 Å². The van der Waals surface area contributed by atoms with Crippen molar-refractivity contribution in [1.29, 1.82) is 0 Å². The van der Waals surface area contributed by atoms with Gasteiger partial charge in [0, 0.05) is 0 Å². The average molecular weight is 297 g/mol. The first-order chi connectivity index (χ1) is 9.16. The van der Waals surface area contributed by atoms with Crippen molar-refractivity contribution >= 4 is 40.5 Å². The van der Waals surface area contributed by atoms with Crippen molar-refractivity contribution in [3.05, 3.63) is 28.2 Å². The highest BCUT2D eigenvalue weighted by Crippen LogP contribution is 2.33. The van der Waals surface area contributed by atoms with E-state index < -0.39 is 0 Å². The van der Waals surface area contributed by atoms with Gasteiger partial charge in [-0.15, -0.1) is 0 Å². The summed E-state index contributed by atoms with van der Waals surface area (Å²) in [7, 11) is 0. The highest BCUT2D eigenvalue weighted by molar-refractivity contribution is 6.42. The Labute approximate surface area is 122 Å². The van der Waals surface area contributed by atoms with E-state index in [0.29, 0.717) is 15.7 Å². The van der Waals surface area contributed by atoms with E-state index in [9.17, 15) is 4.79 Å². The van der Waals surface area contributed by atoms with Crippen molar-refractivity contribution in [3.8, 4) is 0 Å². The normalized spacial score (nSPS) is 23.1. The molecule has 1 amide bonds. The lowest BCUT2D eigenvalue weighted by Crippen LogP contribution is -2.27. The number of hydrogen-bond donors (Lipinski definition) is 0. The molecule has 1 unspecified atom stereocenters. The second-order valence-corrected chi connectivity index (χ2v) is 5.81. The molecule has 1 aliphatic heterocycles. The van der Waals surface area contributed by atoms with Gasteiger partial charge >= 0.3 is 0 Å². The van der Waals surface area contributed by atoms with Gasteiger partial charge in [-0.25, -0.2) is 5.01 Å². The van der Waals surface area contributed by atoms with Gasteiger partial charge in [0.25, 0.3) is 5.91 Å². The van der Waals surface area contributed by atoms with E-state index in [1.807, 2.05) is 0 Å². The zero-order chi connectivity index (χ0) is 13.4. The third kappa shape index (κ3) is 2.37. The van der Waals surface area contributed by atoms with E-state index >= 15 is 0 Å². The van der Waals surface area contributed by atoms with Gasteiger partial charge in [0.15, 0.2) is 0 Å². The van der Waals surface area contributed by atoms with Gasteiger partial charge in [-0.3, -0.25) is 4.79 Å². The molecule has 0 N–H and O–H groups in total. The topological polar surface area (TPSA) is 32.7 Å². The van der Waals surface area contributed by atoms with Crippen LogP contribution >= 0.6 is 23.2 Å². The fraction of sp³-hybridized carbons (Fsp3) is 0.429.